The van der Waals surface area contributed by atoms with Gasteiger partial charge in [0.1, 0.15) is 6.54 Å². The number of nitrogens with one attached hydrogen (secondary N) is 1. The summed E-state index contributed by atoms with van der Waals surface area (Å²) in [6.45, 7) is 3.12. The molecule has 0 saturated heterocycles. The van der Waals surface area contributed by atoms with Crippen LogP contribution in [0.3, 0.4) is 0 Å². The Balaban J connectivity index is 2.39. The van der Waals surface area contributed by atoms with Crippen LogP contribution in [0.5, 0.6) is 0 Å². The summed E-state index contributed by atoms with van der Waals surface area (Å²) in [5, 5.41) is 2.77. The number of hydrogen-bond acceptors (Lipinski definition) is 5. The number of anilines is 2. The molecule has 0 spiro atoms. The summed E-state index contributed by atoms with van der Waals surface area (Å²) < 4.78 is 32.6. The number of methoxy groups -OCH3 is 1. The van der Waals surface area contributed by atoms with E-state index in [2.05, 4.69) is 10.1 Å². The lowest BCUT2D eigenvalue weighted by molar-refractivity contribution is -0.114. The van der Waals surface area contributed by atoms with Crippen LogP contribution in [0.25, 0.3) is 0 Å². The molecule has 0 heterocycles. The third-order valence-electron chi connectivity index (χ3n) is 4.32. The number of benzene rings is 2. The molecule has 0 atom stereocenters. The third-order valence-corrected chi connectivity index (χ3v) is 6.46. The van der Waals surface area contributed by atoms with Gasteiger partial charge in [0.05, 0.1) is 29.1 Å². The first-order valence-corrected chi connectivity index (χ1v) is 10.7. The van der Waals surface area contributed by atoms with Gasteiger partial charge in [-0.1, -0.05) is 23.7 Å². The molecule has 30 heavy (non-hydrogen) atoms. The Hall–Kier alpha value is -2.62. The van der Waals surface area contributed by atoms with Crippen molar-refractivity contribution < 1.29 is 22.7 Å². The predicted octanol–water partition coefficient (Wildman–Crippen LogP) is 2.99. The molecule has 0 saturated carbocycles. The molecule has 0 aliphatic rings. The van der Waals surface area contributed by atoms with E-state index in [1.165, 1.54) is 39.4 Å². The Morgan fingerprint density at radius 1 is 1.10 bits per heavy atom. The fraction of sp³-hybridized carbons (Fsp3) is 0.300. The molecular formula is C20H24ClN3O5S. The van der Waals surface area contributed by atoms with E-state index in [-0.39, 0.29) is 16.3 Å². The Bertz CT molecular complexity index is 1070. The number of esters is 1. The molecule has 0 aliphatic carbocycles. The van der Waals surface area contributed by atoms with Crippen LogP contribution in [0.1, 0.15) is 21.5 Å². The average Bonchev–Trinajstić information content (AvgIpc) is 2.69. The molecule has 1 N–H and O–H groups in total. The number of hydrogen-bond donors (Lipinski definition) is 1. The highest BCUT2D eigenvalue weighted by Crippen LogP contribution is 2.27. The highest BCUT2D eigenvalue weighted by molar-refractivity contribution is 7.90. The molecule has 0 unspecified atom stereocenters. The van der Waals surface area contributed by atoms with E-state index in [9.17, 15) is 18.0 Å². The standard InChI is InChI=1S/C20H24ClN3O5S/c1-13-6-7-14(2)18(10-13)24(30(27,28)23(3)4)12-19(25)22-17-11-15(20(26)29-5)8-9-16(17)21/h6-11H,12H2,1-5H3,(H,22,25). The molecule has 1 amide bonds. The summed E-state index contributed by atoms with van der Waals surface area (Å²) in [6, 6.07) is 9.63. The first kappa shape index (κ1) is 23.7. The van der Waals surface area contributed by atoms with Gasteiger partial charge in [-0.25, -0.2) is 9.10 Å². The van der Waals surface area contributed by atoms with Crippen LogP contribution in [-0.4, -0.2) is 52.3 Å². The Labute approximate surface area is 181 Å². The van der Waals surface area contributed by atoms with Crippen molar-refractivity contribution in [1.82, 2.24) is 4.31 Å². The average molecular weight is 454 g/mol. The second-order valence-corrected chi connectivity index (χ2v) is 9.30. The fourth-order valence-corrected chi connectivity index (χ4v) is 3.95. The molecule has 8 nitrogen and oxygen atoms in total. The number of halogens is 1. The minimum Gasteiger partial charge on any atom is -0.465 e. The highest BCUT2D eigenvalue weighted by atomic mass is 35.5. The maximum absolute atomic E-state index is 12.9. The van der Waals surface area contributed by atoms with Crippen molar-refractivity contribution in [3.05, 3.63) is 58.1 Å². The predicted molar refractivity (Wildman–Crippen MR) is 117 cm³/mol. The summed E-state index contributed by atoms with van der Waals surface area (Å²) in [6.07, 6.45) is 0. The molecule has 10 heteroatoms. The molecule has 0 fully saturated rings. The molecule has 2 aromatic rings. The van der Waals surface area contributed by atoms with E-state index in [4.69, 9.17) is 11.6 Å². The monoisotopic (exact) mass is 453 g/mol. The highest BCUT2D eigenvalue weighted by Gasteiger charge is 2.28. The van der Waals surface area contributed by atoms with Gasteiger partial charge in [0.2, 0.25) is 5.91 Å². The van der Waals surface area contributed by atoms with Gasteiger partial charge in [-0.05, 0) is 49.2 Å². The second kappa shape index (κ2) is 9.46. The second-order valence-electron chi connectivity index (χ2n) is 6.82. The van der Waals surface area contributed by atoms with Gasteiger partial charge < -0.3 is 10.1 Å². The molecule has 0 radical (unpaired) electrons. The zero-order chi connectivity index (χ0) is 22.6. The van der Waals surface area contributed by atoms with Crippen LogP contribution < -0.4 is 9.62 Å². The lowest BCUT2D eigenvalue weighted by Crippen LogP contribution is -2.44. The van der Waals surface area contributed by atoms with E-state index in [0.29, 0.717) is 11.3 Å². The van der Waals surface area contributed by atoms with Crippen molar-refractivity contribution in [3.8, 4) is 0 Å². The zero-order valence-corrected chi connectivity index (χ0v) is 19.0. The van der Waals surface area contributed by atoms with Gasteiger partial charge in [-0.2, -0.15) is 12.7 Å². The summed E-state index contributed by atoms with van der Waals surface area (Å²) in [7, 11) is 0.0657. The maximum atomic E-state index is 12.9. The van der Waals surface area contributed by atoms with E-state index in [1.54, 1.807) is 19.1 Å². The van der Waals surface area contributed by atoms with Crippen LogP contribution in [-0.2, 0) is 19.7 Å². The Morgan fingerprint density at radius 2 is 1.77 bits per heavy atom. The van der Waals surface area contributed by atoms with E-state index in [0.717, 1.165) is 14.2 Å². The molecule has 2 aromatic carbocycles. The van der Waals surface area contributed by atoms with Gasteiger partial charge in [-0.15, -0.1) is 0 Å². The summed E-state index contributed by atoms with van der Waals surface area (Å²) in [5.41, 5.74) is 2.32. The van der Waals surface area contributed by atoms with Crippen LogP contribution in [0.4, 0.5) is 11.4 Å². The summed E-state index contributed by atoms with van der Waals surface area (Å²) in [4.78, 5) is 24.5. The van der Waals surface area contributed by atoms with Crippen molar-refractivity contribution in [1.29, 1.82) is 0 Å². The number of ether oxygens (including phenoxy) is 1. The quantitative estimate of drug-likeness (QED) is 0.650. The van der Waals surface area contributed by atoms with Crippen molar-refractivity contribution in [2.45, 2.75) is 13.8 Å². The van der Waals surface area contributed by atoms with Gasteiger partial charge in [0, 0.05) is 14.1 Å². The van der Waals surface area contributed by atoms with Gasteiger partial charge >= 0.3 is 16.2 Å². The normalized spacial score (nSPS) is 11.3. The Kier molecular flexibility index (Phi) is 7.46. The smallest absolute Gasteiger partial charge is 0.337 e. The fourth-order valence-electron chi connectivity index (χ4n) is 2.66. The van der Waals surface area contributed by atoms with Crippen molar-refractivity contribution in [2.24, 2.45) is 0 Å². The van der Waals surface area contributed by atoms with E-state index in [1.807, 2.05) is 13.0 Å². The van der Waals surface area contributed by atoms with Crippen molar-refractivity contribution in [2.75, 3.05) is 37.4 Å². The van der Waals surface area contributed by atoms with Crippen molar-refractivity contribution in [3.63, 3.8) is 0 Å². The van der Waals surface area contributed by atoms with E-state index < -0.39 is 28.6 Å². The summed E-state index contributed by atoms with van der Waals surface area (Å²) >= 11 is 6.12. The van der Waals surface area contributed by atoms with Crippen LogP contribution in [0.15, 0.2) is 36.4 Å². The number of aryl methyl sites for hydroxylation is 2. The number of carbonyl (C=O) groups excluding carboxylic acids is 2. The number of carbonyl (C=O) groups is 2. The van der Waals surface area contributed by atoms with Gasteiger partial charge in [0.25, 0.3) is 0 Å². The molecule has 0 aromatic heterocycles. The SMILES string of the molecule is COC(=O)c1ccc(Cl)c(NC(=O)CN(c2cc(C)ccc2C)S(=O)(=O)N(C)C)c1. The van der Waals surface area contributed by atoms with Gasteiger partial charge in [0.15, 0.2) is 0 Å². The van der Waals surface area contributed by atoms with Crippen LogP contribution in [0, 0.1) is 13.8 Å². The number of amides is 1. The molecule has 162 valence electrons. The first-order chi connectivity index (χ1) is 14.0. The zero-order valence-electron chi connectivity index (χ0n) is 17.4. The minimum atomic E-state index is -3.96. The topological polar surface area (TPSA) is 96.0 Å². The lowest BCUT2D eigenvalue weighted by atomic mass is 10.1. The number of nitrogens with zero attached hydrogens (tertiary/aromatic N) is 2. The lowest BCUT2D eigenvalue weighted by Gasteiger charge is -2.28. The number of rotatable bonds is 7. The minimum absolute atomic E-state index is 0.174. The molecule has 0 bridgehead atoms. The van der Waals surface area contributed by atoms with Crippen LogP contribution >= 0.6 is 11.6 Å². The Morgan fingerprint density at radius 3 is 2.37 bits per heavy atom. The van der Waals surface area contributed by atoms with Crippen molar-refractivity contribution >= 4 is 45.1 Å². The molecule has 0 aliphatic heterocycles. The largest absolute Gasteiger partial charge is 0.465 e. The first-order valence-electron chi connectivity index (χ1n) is 8.92. The molecular weight excluding hydrogens is 430 g/mol. The third kappa shape index (κ3) is 5.29. The maximum Gasteiger partial charge on any atom is 0.337 e. The molecule has 2 rings (SSSR count). The summed E-state index contributed by atoms with van der Waals surface area (Å²) in [5.74, 6) is -1.21. The van der Waals surface area contributed by atoms with Crippen LogP contribution in [0.2, 0.25) is 5.02 Å². The van der Waals surface area contributed by atoms with Gasteiger partial charge in [-0.3, -0.25) is 4.79 Å². The van der Waals surface area contributed by atoms with E-state index >= 15 is 0 Å².